The summed E-state index contributed by atoms with van der Waals surface area (Å²) in [5.74, 6) is 1.19. The Hall–Kier alpha value is -3.34. The Morgan fingerprint density at radius 3 is 2.33 bits per heavy atom. The first-order valence-electron chi connectivity index (χ1n) is 8.73. The molecule has 0 unspecified atom stereocenters. The van der Waals surface area contributed by atoms with Crippen molar-refractivity contribution in [3.8, 4) is 5.75 Å². The van der Waals surface area contributed by atoms with Crippen molar-refractivity contribution in [3.63, 3.8) is 0 Å². The maximum absolute atomic E-state index is 12.6. The quantitative estimate of drug-likeness (QED) is 0.670. The number of hydrogen-bond acceptors (Lipinski definition) is 4. The Labute approximate surface area is 159 Å². The zero-order valence-electron chi connectivity index (χ0n) is 16.0. The molecule has 0 saturated heterocycles. The Balaban J connectivity index is 1.74. The Morgan fingerprint density at radius 2 is 1.70 bits per heavy atom. The number of amides is 1. The molecule has 1 heterocycles. The number of aromatic nitrogens is 1. The van der Waals surface area contributed by atoms with Gasteiger partial charge in [0.05, 0.1) is 18.4 Å². The van der Waals surface area contributed by atoms with Crippen LogP contribution in [0, 0.1) is 20.8 Å². The van der Waals surface area contributed by atoms with E-state index in [2.05, 4.69) is 27.8 Å². The average Bonchev–Trinajstić information content (AvgIpc) is 2.65. The van der Waals surface area contributed by atoms with Crippen LogP contribution in [0.1, 0.15) is 27.0 Å². The van der Waals surface area contributed by atoms with Crippen LogP contribution in [-0.2, 0) is 0 Å². The smallest absolute Gasteiger partial charge is 0.257 e. The SMILES string of the molecule is COc1ccccc1Nc1ccc(C(=O)Nc2c(C)cc(C)cc2C)cn1. The maximum Gasteiger partial charge on any atom is 0.257 e. The van der Waals surface area contributed by atoms with Gasteiger partial charge in [-0.15, -0.1) is 0 Å². The molecule has 0 saturated carbocycles. The molecule has 0 fully saturated rings. The fraction of sp³-hybridized carbons (Fsp3) is 0.182. The average molecular weight is 361 g/mol. The van der Waals surface area contributed by atoms with E-state index in [9.17, 15) is 4.79 Å². The first kappa shape index (κ1) is 18.5. The van der Waals surface area contributed by atoms with E-state index in [0.29, 0.717) is 11.4 Å². The number of carbonyl (C=O) groups excluding carboxylic acids is 1. The lowest BCUT2D eigenvalue weighted by Gasteiger charge is -2.13. The van der Waals surface area contributed by atoms with Crippen molar-refractivity contribution in [2.75, 3.05) is 17.7 Å². The lowest BCUT2D eigenvalue weighted by atomic mass is 10.0. The molecule has 0 atom stereocenters. The van der Waals surface area contributed by atoms with E-state index in [-0.39, 0.29) is 5.91 Å². The van der Waals surface area contributed by atoms with Crippen molar-refractivity contribution in [1.82, 2.24) is 4.98 Å². The molecule has 3 aromatic rings. The van der Waals surface area contributed by atoms with Crippen LogP contribution >= 0.6 is 0 Å². The lowest BCUT2D eigenvalue weighted by Crippen LogP contribution is -2.14. The fourth-order valence-corrected chi connectivity index (χ4v) is 3.05. The second-order valence-corrected chi connectivity index (χ2v) is 6.49. The third-order valence-electron chi connectivity index (χ3n) is 4.31. The predicted octanol–water partition coefficient (Wildman–Crippen LogP) is 5.01. The van der Waals surface area contributed by atoms with Gasteiger partial charge in [-0.2, -0.15) is 0 Å². The van der Waals surface area contributed by atoms with Crippen molar-refractivity contribution in [1.29, 1.82) is 0 Å². The minimum atomic E-state index is -0.179. The van der Waals surface area contributed by atoms with Gasteiger partial charge in [0.2, 0.25) is 0 Å². The van der Waals surface area contributed by atoms with Gasteiger partial charge < -0.3 is 15.4 Å². The number of benzene rings is 2. The van der Waals surface area contributed by atoms with Gasteiger partial charge in [0, 0.05) is 11.9 Å². The van der Waals surface area contributed by atoms with E-state index in [4.69, 9.17) is 4.74 Å². The third-order valence-corrected chi connectivity index (χ3v) is 4.31. The summed E-state index contributed by atoms with van der Waals surface area (Å²) in [6.45, 7) is 6.03. The molecular formula is C22H23N3O2. The summed E-state index contributed by atoms with van der Waals surface area (Å²) in [7, 11) is 1.62. The first-order chi connectivity index (χ1) is 13.0. The first-order valence-corrected chi connectivity index (χ1v) is 8.73. The van der Waals surface area contributed by atoms with E-state index in [0.717, 1.165) is 28.3 Å². The molecule has 3 rings (SSSR count). The zero-order chi connectivity index (χ0) is 19.4. The van der Waals surface area contributed by atoms with Crippen molar-refractivity contribution >= 4 is 23.1 Å². The van der Waals surface area contributed by atoms with E-state index in [1.54, 1.807) is 25.4 Å². The van der Waals surface area contributed by atoms with E-state index < -0.39 is 0 Å². The maximum atomic E-state index is 12.6. The molecule has 27 heavy (non-hydrogen) atoms. The van der Waals surface area contributed by atoms with Crippen LogP contribution in [0.3, 0.4) is 0 Å². The van der Waals surface area contributed by atoms with Crippen LogP contribution in [0.15, 0.2) is 54.7 Å². The molecule has 0 aliphatic heterocycles. The second kappa shape index (κ2) is 7.91. The number of nitrogens with zero attached hydrogens (tertiary/aromatic N) is 1. The van der Waals surface area contributed by atoms with E-state index in [1.807, 2.05) is 45.0 Å². The molecule has 2 aromatic carbocycles. The Kier molecular flexibility index (Phi) is 5.41. The van der Waals surface area contributed by atoms with Gasteiger partial charge in [0.25, 0.3) is 5.91 Å². The van der Waals surface area contributed by atoms with Crippen LogP contribution in [0.4, 0.5) is 17.2 Å². The molecule has 1 amide bonds. The van der Waals surface area contributed by atoms with Crippen LogP contribution in [0.5, 0.6) is 5.75 Å². The van der Waals surface area contributed by atoms with Crippen molar-refractivity contribution in [3.05, 3.63) is 77.0 Å². The molecule has 0 radical (unpaired) electrons. The normalized spacial score (nSPS) is 10.4. The van der Waals surface area contributed by atoms with Crippen molar-refractivity contribution in [2.45, 2.75) is 20.8 Å². The van der Waals surface area contributed by atoms with Gasteiger partial charge in [-0.3, -0.25) is 4.79 Å². The molecule has 0 aliphatic rings. The highest BCUT2D eigenvalue weighted by Gasteiger charge is 2.11. The second-order valence-electron chi connectivity index (χ2n) is 6.49. The van der Waals surface area contributed by atoms with Crippen molar-refractivity contribution < 1.29 is 9.53 Å². The molecule has 138 valence electrons. The third kappa shape index (κ3) is 4.26. The number of anilines is 3. The lowest BCUT2D eigenvalue weighted by molar-refractivity contribution is 0.102. The number of methoxy groups -OCH3 is 1. The van der Waals surface area contributed by atoms with Crippen LogP contribution in [0.25, 0.3) is 0 Å². The van der Waals surface area contributed by atoms with E-state index in [1.165, 1.54) is 5.56 Å². The molecule has 0 aliphatic carbocycles. The van der Waals surface area contributed by atoms with Crippen LogP contribution in [0.2, 0.25) is 0 Å². The summed E-state index contributed by atoms with van der Waals surface area (Å²) in [5.41, 5.74) is 5.43. The molecule has 1 aromatic heterocycles. The van der Waals surface area contributed by atoms with Gasteiger partial charge in [0.15, 0.2) is 0 Å². The minimum absolute atomic E-state index is 0.179. The largest absolute Gasteiger partial charge is 0.495 e. The summed E-state index contributed by atoms with van der Waals surface area (Å²) < 4.78 is 5.32. The van der Waals surface area contributed by atoms with Gasteiger partial charge >= 0.3 is 0 Å². The van der Waals surface area contributed by atoms with Crippen molar-refractivity contribution in [2.24, 2.45) is 0 Å². The molecule has 0 bridgehead atoms. The summed E-state index contributed by atoms with van der Waals surface area (Å²) in [5, 5.41) is 6.19. The number of para-hydroxylation sites is 2. The summed E-state index contributed by atoms with van der Waals surface area (Å²) in [4.78, 5) is 16.9. The number of carbonyl (C=O) groups is 1. The monoisotopic (exact) mass is 361 g/mol. The number of ether oxygens (including phenoxy) is 1. The molecule has 5 heteroatoms. The van der Waals surface area contributed by atoms with Gasteiger partial charge in [0.1, 0.15) is 11.6 Å². The minimum Gasteiger partial charge on any atom is -0.495 e. The number of aryl methyl sites for hydroxylation is 3. The Bertz CT molecular complexity index is 943. The number of rotatable bonds is 5. The highest BCUT2D eigenvalue weighted by atomic mass is 16.5. The fourth-order valence-electron chi connectivity index (χ4n) is 3.05. The number of pyridine rings is 1. The van der Waals surface area contributed by atoms with Crippen LogP contribution in [-0.4, -0.2) is 18.0 Å². The number of hydrogen-bond donors (Lipinski definition) is 2. The molecule has 0 spiro atoms. The molecule has 5 nitrogen and oxygen atoms in total. The molecular weight excluding hydrogens is 338 g/mol. The Morgan fingerprint density at radius 1 is 1.00 bits per heavy atom. The number of nitrogens with one attached hydrogen (secondary N) is 2. The highest BCUT2D eigenvalue weighted by molar-refractivity contribution is 6.05. The highest BCUT2D eigenvalue weighted by Crippen LogP contribution is 2.26. The van der Waals surface area contributed by atoms with Gasteiger partial charge in [-0.25, -0.2) is 4.98 Å². The predicted molar refractivity (Wildman–Crippen MR) is 109 cm³/mol. The summed E-state index contributed by atoms with van der Waals surface area (Å²) >= 11 is 0. The van der Waals surface area contributed by atoms with Gasteiger partial charge in [-0.1, -0.05) is 29.8 Å². The van der Waals surface area contributed by atoms with Gasteiger partial charge in [-0.05, 0) is 56.2 Å². The van der Waals surface area contributed by atoms with E-state index >= 15 is 0 Å². The standard InChI is InChI=1S/C22H23N3O2/c1-14-11-15(2)21(16(3)12-14)25-22(26)17-9-10-20(23-13-17)24-18-7-5-6-8-19(18)27-4/h5-13H,1-4H3,(H,23,24)(H,25,26). The zero-order valence-corrected chi connectivity index (χ0v) is 16.0. The van der Waals surface area contributed by atoms with Crippen LogP contribution < -0.4 is 15.4 Å². The summed E-state index contributed by atoms with van der Waals surface area (Å²) in [6, 6.07) is 15.2. The summed E-state index contributed by atoms with van der Waals surface area (Å²) in [6.07, 6.45) is 1.56. The topological polar surface area (TPSA) is 63.2 Å². The molecule has 2 N–H and O–H groups in total.